The van der Waals surface area contributed by atoms with E-state index >= 15 is 0 Å². The molecule has 0 saturated carbocycles. The summed E-state index contributed by atoms with van der Waals surface area (Å²) in [6.45, 7) is 1.48. The summed E-state index contributed by atoms with van der Waals surface area (Å²) < 4.78 is 0. The number of piperidine rings is 1. The van der Waals surface area contributed by atoms with E-state index in [1.54, 1.807) is 29.2 Å². The summed E-state index contributed by atoms with van der Waals surface area (Å²) in [4.78, 5) is 14.0. The fraction of sp³-hybridized carbons (Fsp3) is 0.462. The van der Waals surface area contributed by atoms with E-state index < -0.39 is 0 Å². The maximum Gasteiger partial charge on any atom is 0.257 e. The van der Waals surface area contributed by atoms with Crippen LogP contribution in [0.1, 0.15) is 23.2 Å². The molecule has 0 aliphatic carbocycles. The van der Waals surface area contributed by atoms with Gasteiger partial charge < -0.3 is 15.3 Å². The van der Waals surface area contributed by atoms with Gasteiger partial charge in [-0.25, -0.2) is 0 Å². The van der Waals surface area contributed by atoms with Crippen molar-refractivity contribution in [3.63, 3.8) is 0 Å². The number of carbonyl (C=O) groups excluding carboxylic acids is 1. The molecule has 4 heteroatoms. The van der Waals surface area contributed by atoms with Crippen molar-refractivity contribution >= 4 is 5.91 Å². The number of likely N-dealkylation sites (tertiary alicyclic amines) is 1. The van der Waals surface area contributed by atoms with Gasteiger partial charge in [0.2, 0.25) is 0 Å². The van der Waals surface area contributed by atoms with E-state index in [1.807, 2.05) is 7.05 Å². The van der Waals surface area contributed by atoms with Gasteiger partial charge in [0.1, 0.15) is 5.75 Å². The maximum absolute atomic E-state index is 12.2. The summed E-state index contributed by atoms with van der Waals surface area (Å²) in [5.74, 6) is -0.0212. The van der Waals surface area contributed by atoms with Crippen LogP contribution in [0, 0.1) is 0 Å². The van der Waals surface area contributed by atoms with Gasteiger partial charge >= 0.3 is 0 Å². The van der Waals surface area contributed by atoms with Crippen molar-refractivity contribution in [2.24, 2.45) is 0 Å². The normalized spacial score (nSPS) is 20.3. The molecule has 1 atom stereocenters. The molecule has 4 nitrogen and oxygen atoms in total. The number of nitrogens with one attached hydrogen (secondary N) is 1. The third-order valence-electron chi connectivity index (χ3n) is 3.25. The van der Waals surface area contributed by atoms with Gasteiger partial charge in [0, 0.05) is 19.1 Å². The van der Waals surface area contributed by atoms with Gasteiger partial charge in [0.15, 0.2) is 0 Å². The van der Waals surface area contributed by atoms with Gasteiger partial charge in [0.25, 0.3) is 5.91 Å². The Morgan fingerprint density at radius 3 is 2.94 bits per heavy atom. The topological polar surface area (TPSA) is 52.6 Å². The summed E-state index contributed by atoms with van der Waals surface area (Å²) in [6.07, 6.45) is 2.10. The molecule has 1 aliphatic heterocycles. The standard InChI is InChI=1S/C13H18N2O2/c1-14-10-5-4-8-15(9-10)13(17)11-6-2-3-7-12(11)16/h2-3,6-7,10,14,16H,4-5,8-9H2,1H3. The molecule has 1 aromatic rings. The number of para-hydroxylation sites is 1. The first-order valence-electron chi connectivity index (χ1n) is 5.97. The van der Waals surface area contributed by atoms with Crippen LogP contribution in [0.25, 0.3) is 0 Å². The maximum atomic E-state index is 12.2. The highest BCUT2D eigenvalue weighted by molar-refractivity contribution is 5.96. The third-order valence-corrected chi connectivity index (χ3v) is 3.25. The number of carbonyl (C=O) groups is 1. The fourth-order valence-electron chi connectivity index (χ4n) is 2.22. The Labute approximate surface area is 101 Å². The van der Waals surface area contributed by atoms with Gasteiger partial charge in [-0.05, 0) is 32.0 Å². The second-order valence-corrected chi connectivity index (χ2v) is 4.40. The van der Waals surface area contributed by atoms with Crippen LogP contribution in [0.2, 0.25) is 0 Å². The SMILES string of the molecule is CNC1CCCN(C(=O)c2ccccc2O)C1. The summed E-state index contributed by atoms with van der Waals surface area (Å²) in [7, 11) is 1.92. The van der Waals surface area contributed by atoms with E-state index in [0.29, 0.717) is 18.2 Å². The number of hydrogen-bond donors (Lipinski definition) is 2. The Kier molecular flexibility index (Phi) is 3.64. The summed E-state index contributed by atoms with van der Waals surface area (Å²) in [6, 6.07) is 7.07. The molecular formula is C13H18N2O2. The third kappa shape index (κ3) is 2.58. The number of phenols is 1. The lowest BCUT2D eigenvalue weighted by atomic mass is 10.0. The Morgan fingerprint density at radius 1 is 1.47 bits per heavy atom. The number of phenolic OH excluding ortho intramolecular Hbond substituents is 1. The summed E-state index contributed by atoms with van der Waals surface area (Å²) in [5, 5.41) is 12.9. The van der Waals surface area contributed by atoms with Crippen molar-refractivity contribution in [1.82, 2.24) is 10.2 Å². The second kappa shape index (κ2) is 5.19. The first kappa shape index (κ1) is 11.9. The molecular weight excluding hydrogens is 216 g/mol. The Hall–Kier alpha value is -1.55. The van der Waals surface area contributed by atoms with Crippen molar-refractivity contribution in [3.05, 3.63) is 29.8 Å². The van der Waals surface area contributed by atoms with Crippen LogP contribution in [0.4, 0.5) is 0 Å². The van der Waals surface area contributed by atoms with Gasteiger partial charge in [0.05, 0.1) is 5.56 Å². The Morgan fingerprint density at radius 2 is 2.24 bits per heavy atom. The molecule has 1 fully saturated rings. The molecule has 92 valence electrons. The molecule has 0 aromatic heterocycles. The van der Waals surface area contributed by atoms with Gasteiger partial charge in [-0.3, -0.25) is 4.79 Å². The number of nitrogens with zero attached hydrogens (tertiary/aromatic N) is 1. The number of benzene rings is 1. The van der Waals surface area contributed by atoms with E-state index in [-0.39, 0.29) is 11.7 Å². The van der Waals surface area contributed by atoms with Crippen LogP contribution >= 0.6 is 0 Å². The van der Waals surface area contributed by atoms with E-state index in [1.165, 1.54) is 0 Å². The number of amides is 1. The van der Waals surface area contributed by atoms with Crippen molar-refractivity contribution in [2.75, 3.05) is 20.1 Å². The number of hydrogen-bond acceptors (Lipinski definition) is 3. The fourth-order valence-corrected chi connectivity index (χ4v) is 2.22. The molecule has 1 aliphatic rings. The van der Waals surface area contributed by atoms with Crippen LogP contribution in [0.5, 0.6) is 5.75 Å². The predicted molar refractivity (Wildman–Crippen MR) is 66.1 cm³/mol. The van der Waals surface area contributed by atoms with Crippen molar-refractivity contribution in [2.45, 2.75) is 18.9 Å². The van der Waals surface area contributed by atoms with Crippen LogP contribution in [-0.4, -0.2) is 42.1 Å². The summed E-state index contributed by atoms with van der Waals surface area (Å²) >= 11 is 0. The number of likely N-dealkylation sites (N-methyl/N-ethyl adjacent to an activating group) is 1. The van der Waals surface area contributed by atoms with E-state index in [9.17, 15) is 9.90 Å². The van der Waals surface area contributed by atoms with Gasteiger partial charge in [-0.1, -0.05) is 12.1 Å². The smallest absolute Gasteiger partial charge is 0.257 e. The first-order valence-corrected chi connectivity index (χ1v) is 5.97. The average molecular weight is 234 g/mol. The highest BCUT2D eigenvalue weighted by Crippen LogP contribution is 2.20. The van der Waals surface area contributed by atoms with Crippen LogP contribution in [0.3, 0.4) is 0 Å². The molecule has 0 spiro atoms. The summed E-state index contributed by atoms with van der Waals surface area (Å²) in [5.41, 5.74) is 0.393. The molecule has 1 amide bonds. The van der Waals surface area contributed by atoms with Crippen LogP contribution < -0.4 is 5.32 Å². The van der Waals surface area contributed by atoms with E-state index in [4.69, 9.17) is 0 Å². The average Bonchev–Trinajstić information content (AvgIpc) is 2.38. The Balaban J connectivity index is 2.12. The minimum Gasteiger partial charge on any atom is -0.507 e. The molecule has 17 heavy (non-hydrogen) atoms. The molecule has 0 radical (unpaired) electrons. The van der Waals surface area contributed by atoms with E-state index in [2.05, 4.69) is 5.32 Å². The lowest BCUT2D eigenvalue weighted by Gasteiger charge is -2.32. The largest absolute Gasteiger partial charge is 0.507 e. The highest BCUT2D eigenvalue weighted by atomic mass is 16.3. The second-order valence-electron chi connectivity index (χ2n) is 4.40. The quantitative estimate of drug-likeness (QED) is 0.809. The van der Waals surface area contributed by atoms with E-state index in [0.717, 1.165) is 19.4 Å². The van der Waals surface area contributed by atoms with Gasteiger partial charge in [-0.15, -0.1) is 0 Å². The van der Waals surface area contributed by atoms with Crippen molar-refractivity contribution < 1.29 is 9.90 Å². The zero-order valence-corrected chi connectivity index (χ0v) is 10.0. The lowest BCUT2D eigenvalue weighted by Crippen LogP contribution is -2.46. The number of rotatable bonds is 2. The molecule has 2 N–H and O–H groups in total. The predicted octanol–water partition coefficient (Wildman–Crippen LogP) is 1.22. The monoisotopic (exact) mass is 234 g/mol. The molecule has 2 rings (SSSR count). The zero-order chi connectivity index (χ0) is 12.3. The molecule has 1 aromatic carbocycles. The van der Waals surface area contributed by atoms with Crippen LogP contribution in [0.15, 0.2) is 24.3 Å². The Bertz CT molecular complexity index is 406. The molecule has 1 saturated heterocycles. The molecule has 1 unspecified atom stereocenters. The highest BCUT2D eigenvalue weighted by Gasteiger charge is 2.24. The molecule has 1 heterocycles. The number of aromatic hydroxyl groups is 1. The molecule has 0 bridgehead atoms. The first-order chi connectivity index (χ1) is 8.22. The van der Waals surface area contributed by atoms with Crippen molar-refractivity contribution in [1.29, 1.82) is 0 Å². The zero-order valence-electron chi connectivity index (χ0n) is 10.0. The minimum absolute atomic E-state index is 0.0593. The lowest BCUT2D eigenvalue weighted by molar-refractivity contribution is 0.0695. The van der Waals surface area contributed by atoms with Crippen LogP contribution in [-0.2, 0) is 0 Å². The van der Waals surface area contributed by atoms with Crippen molar-refractivity contribution in [3.8, 4) is 5.75 Å². The van der Waals surface area contributed by atoms with Gasteiger partial charge in [-0.2, -0.15) is 0 Å². The minimum atomic E-state index is -0.0805.